The fraction of sp³-hybridized carbons (Fsp3) is 0.241. The van der Waals surface area contributed by atoms with Crippen LogP contribution in [0.1, 0.15) is 56.5 Å². The van der Waals surface area contributed by atoms with Gasteiger partial charge in [-0.15, -0.1) is 0 Å². The van der Waals surface area contributed by atoms with Gasteiger partial charge in [-0.2, -0.15) is 4.98 Å². The number of benzene rings is 3. The van der Waals surface area contributed by atoms with Crippen molar-refractivity contribution in [3.05, 3.63) is 101 Å². The highest BCUT2D eigenvalue weighted by Crippen LogP contribution is 2.29. The van der Waals surface area contributed by atoms with Gasteiger partial charge in [0.1, 0.15) is 0 Å². The highest BCUT2D eigenvalue weighted by Gasteiger charge is 2.28. The number of rotatable bonds is 5. The Morgan fingerprint density at radius 3 is 2.28 bits per heavy atom. The van der Waals surface area contributed by atoms with Crippen molar-refractivity contribution in [3.8, 4) is 11.4 Å². The van der Waals surface area contributed by atoms with Gasteiger partial charge in [0.25, 0.3) is 11.8 Å². The summed E-state index contributed by atoms with van der Waals surface area (Å²) in [5.74, 6) is 1.09. The third-order valence-corrected chi connectivity index (χ3v) is 6.55. The predicted molar refractivity (Wildman–Crippen MR) is 138 cm³/mol. The van der Waals surface area contributed by atoms with Crippen molar-refractivity contribution in [1.29, 1.82) is 0 Å². The molecule has 1 aromatic heterocycles. The molecule has 5 rings (SSSR count). The van der Waals surface area contributed by atoms with E-state index < -0.39 is 0 Å². The Bertz CT molecular complexity index is 1370. The lowest BCUT2D eigenvalue weighted by atomic mass is 9.96. The molecule has 7 heteroatoms. The number of aryl methyl sites for hydroxylation is 2. The maximum atomic E-state index is 12.8. The number of carbonyl (C=O) groups excluding carboxylic acids is 2. The molecule has 36 heavy (non-hydrogen) atoms. The topological polar surface area (TPSA) is 88.3 Å². The van der Waals surface area contributed by atoms with E-state index in [1.165, 1.54) is 0 Å². The largest absolute Gasteiger partial charge is 0.339 e. The van der Waals surface area contributed by atoms with Gasteiger partial charge in [-0.25, -0.2) is 0 Å². The molecule has 1 N–H and O–H groups in total. The summed E-state index contributed by atoms with van der Waals surface area (Å²) in [4.78, 5) is 31.9. The predicted octanol–water partition coefficient (Wildman–Crippen LogP) is 5.63. The third kappa shape index (κ3) is 5.20. The second kappa shape index (κ2) is 10.2. The third-order valence-electron chi connectivity index (χ3n) is 6.55. The average molecular weight is 481 g/mol. The number of likely N-dealkylation sites (tertiary alicyclic amines) is 1. The molecule has 2 heterocycles. The lowest BCUT2D eigenvalue weighted by Gasteiger charge is -2.30. The number of aromatic nitrogens is 2. The molecular formula is C29H28N4O3. The molecule has 1 aliphatic heterocycles. The van der Waals surface area contributed by atoms with Crippen LogP contribution < -0.4 is 5.32 Å². The molecule has 0 atom stereocenters. The van der Waals surface area contributed by atoms with Gasteiger partial charge in [-0.3, -0.25) is 9.59 Å². The van der Waals surface area contributed by atoms with Crippen LogP contribution in [-0.4, -0.2) is 39.9 Å². The first-order valence-corrected chi connectivity index (χ1v) is 12.1. The van der Waals surface area contributed by atoms with Crippen LogP contribution >= 0.6 is 0 Å². The minimum absolute atomic E-state index is 0.0613. The molecule has 1 aliphatic rings. The van der Waals surface area contributed by atoms with Crippen molar-refractivity contribution in [2.24, 2.45) is 0 Å². The molecule has 0 aliphatic carbocycles. The average Bonchev–Trinajstić information content (AvgIpc) is 3.39. The zero-order valence-corrected chi connectivity index (χ0v) is 20.4. The molecule has 1 saturated heterocycles. The van der Waals surface area contributed by atoms with Crippen LogP contribution in [0.2, 0.25) is 0 Å². The number of piperidine rings is 1. The first kappa shape index (κ1) is 23.5. The molecule has 7 nitrogen and oxygen atoms in total. The summed E-state index contributed by atoms with van der Waals surface area (Å²) in [7, 11) is 0. The number of anilines is 1. The van der Waals surface area contributed by atoms with Crippen LogP contribution in [0.15, 0.2) is 77.3 Å². The van der Waals surface area contributed by atoms with Crippen LogP contribution in [0.3, 0.4) is 0 Å². The van der Waals surface area contributed by atoms with E-state index >= 15 is 0 Å². The molecule has 1 fully saturated rings. The van der Waals surface area contributed by atoms with Gasteiger partial charge < -0.3 is 14.7 Å². The van der Waals surface area contributed by atoms with E-state index in [1.807, 2.05) is 79.4 Å². The summed E-state index contributed by atoms with van der Waals surface area (Å²) >= 11 is 0. The number of hydrogen-bond donors (Lipinski definition) is 1. The van der Waals surface area contributed by atoms with Crippen LogP contribution in [0.5, 0.6) is 0 Å². The maximum Gasteiger partial charge on any atom is 0.255 e. The summed E-state index contributed by atoms with van der Waals surface area (Å²) in [6, 6.07) is 22.5. The molecule has 0 saturated carbocycles. The van der Waals surface area contributed by atoms with Crippen LogP contribution in [0.4, 0.5) is 5.69 Å². The van der Waals surface area contributed by atoms with Gasteiger partial charge in [0.15, 0.2) is 0 Å². The summed E-state index contributed by atoms with van der Waals surface area (Å²) in [6.45, 7) is 5.30. The van der Waals surface area contributed by atoms with Gasteiger partial charge in [0, 0.05) is 41.4 Å². The minimum atomic E-state index is -0.173. The van der Waals surface area contributed by atoms with E-state index in [1.54, 1.807) is 12.1 Å². The summed E-state index contributed by atoms with van der Waals surface area (Å²) in [6.07, 6.45) is 1.55. The van der Waals surface area contributed by atoms with Gasteiger partial charge in [0.05, 0.1) is 0 Å². The molecular weight excluding hydrogens is 452 g/mol. The minimum Gasteiger partial charge on any atom is -0.339 e. The maximum absolute atomic E-state index is 12.8. The number of nitrogens with one attached hydrogen (secondary N) is 1. The number of nitrogens with zero attached hydrogens (tertiary/aromatic N) is 3. The van der Waals surface area contributed by atoms with Crippen molar-refractivity contribution >= 4 is 17.5 Å². The lowest BCUT2D eigenvalue weighted by Crippen LogP contribution is -2.38. The van der Waals surface area contributed by atoms with Crippen molar-refractivity contribution < 1.29 is 14.1 Å². The Morgan fingerprint density at radius 1 is 0.889 bits per heavy atom. The van der Waals surface area contributed by atoms with Gasteiger partial charge in [-0.1, -0.05) is 47.1 Å². The SMILES string of the molecule is Cc1ccc(C(=O)N2CCC(c3nc(-c4ccc(C(=O)Nc5cccc(C)c5)cc4)no3)CC2)cc1. The van der Waals surface area contributed by atoms with E-state index in [-0.39, 0.29) is 17.7 Å². The first-order chi connectivity index (χ1) is 17.5. The molecule has 0 spiro atoms. The molecule has 0 unspecified atom stereocenters. The lowest BCUT2D eigenvalue weighted by molar-refractivity contribution is 0.0704. The molecule has 4 aromatic rings. The van der Waals surface area contributed by atoms with Crippen LogP contribution in [-0.2, 0) is 0 Å². The Balaban J connectivity index is 1.19. The first-order valence-electron chi connectivity index (χ1n) is 12.1. The zero-order chi connectivity index (χ0) is 25.1. The molecule has 3 aromatic carbocycles. The Labute approximate surface area is 210 Å². The van der Waals surface area contributed by atoms with E-state index in [2.05, 4.69) is 15.5 Å². The monoisotopic (exact) mass is 480 g/mol. The Kier molecular flexibility index (Phi) is 6.62. The Morgan fingerprint density at radius 2 is 1.58 bits per heavy atom. The van der Waals surface area contributed by atoms with Crippen molar-refractivity contribution in [3.63, 3.8) is 0 Å². The van der Waals surface area contributed by atoms with Crippen molar-refractivity contribution in [1.82, 2.24) is 15.0 Å². The van der Waals surface area contributed by atoms with Gasteiger partial charge in [0.2, 0.25) is 11.7 Å². The highest BCUT2D eigenvalue weighted by molar-refractivity contribution is 6.04. The molecule has 0 radical (unpaired) electrons. The molecule has 0 bridgehead atoms. The number of amides is 2. The number of carbonyl (C=O) groups is 2. The smallest absolute Gasteiger partial charge is 0.255 e. The highest BCUT2D eigenvalue weighted by atomic mass is 16.5. The quantitative estimate of drug-likeness (QED) is 0.400. The van der Waals surface area contributed by atoms with E-state index in [9.17, 15) is 9.59 Å². The van der Waals surface area contributed by atoms with Crippen molar-refractivity contribution in [2.75, 3.05) is 18.4 Å². The van der Waals surface area contributed by atoms with Crippen LogP contribution in [0, 0.1) is 13.8 Å². The standard InChI is InChI=1S/C29H28N4O3/c1-19-6-8-24(9-7-19)29(35)33-16-14-23(15-17-33)28-31-26(32-36-28)21-10-12-22(13-11-21)27(34)30-25-5-3-4-20(2)18-25/h3-13,18,23H,14-17H2,1-2H3,(H,30,34). The van der Waals surface area contributed by atoms with Crippen molar-refractivity contribution in [2.45, 2.75) is 32.6 Å². The Hall–Kier alpha value is -4.26. The number of hydrogen-bond acceptors (Lipinski definition) is 5. The fourth-order valence-electron chi connectivity index (χ4n) is 4.42. The second-order valence-corrected chi connectivity index (χ2v) is 9.29. The van der Waals surface area contributed by atoms with E-state index in [0.717, 1.165) is 40.8 Å². The summed E-state index contributed by atoms with van der Waals surface area (Å²) in [5, 5.41) is 7.07. The second-order valence-electron chi connectivity index (χ2n) is 9.29. The summed E-state index contributed by atoms with van der Waals surface area (Å²) in [5.41, 5.74) is 5.03. The van der Waals surface area contributed by atoms with E-state index in [0.29, 0.717) is 30.4 Å². The fourth-order valence-corrected chi connectivity index (χ4v) is 4.42. The summed E-state index contributed by atoms with van der Waals surface area (Å²) < 4.78 is 5.58. The molecule has 182 valence electrons. The van der Waals surface area contributed by atoms with E-state index in [4.69, 9.17) is 4.52 Å². The van der Waals surface area contributed by atoms with Gasteiger partial charge >= 0.3 is 0 Å². The molecule has 2 amide bonds. The normalized spacial score (nSPS) is 14.0. The van der Waals surface area contributed by atoms with Gasteiger partial charge in [-0.05, 0) is 68.7 Å². The van der Waals surface area contributed by atoms with Crippen LogP contribution in [0.25, 0.3) is 11.4 Å². The zero-order valence-electron chi connectivity index (χ0n) is 20.4.